The first-order chi connectivity index (χ1) is 15.6. The number of hydrogen-bond acceptors (Lipinski definition) is 9. The van der Waals surface area contributed by atoms with Crippen LogP contribution in [0.1, 0.15) is 45.6 Å². The predicted octanol–water partition coefficient (Wildman–Crippen LogP) is 3.35. The van der Waals surface area contributed by atoms with Crippen LogP contribution in [0, 0.1) is 0 Å². The van der Waals surface area contributed by atoms with Gasteiger partial charge in [0.25, 0.3) is 17.0 Å². The minimum Gasteiger partial charge on any atom is -0.485 e. The number of aromatic nitrogens is 2. The Labute approximate surface area is 191 Å². The Bertz CT molecular complexity index is 1170. The highest BCUT2D eigenvalue weighted by atomic mass is 32.2. The van der Waals surface area contributed by atoms with Crippen molar-refractivity contribution < 1.29 is 23.5 Å². The third-order valence-electron chi connectivity index (χ3n) is 5.20. The second-order valence-electron chi connectivity index (χ2n) is 7.39. The van der Waals surface area contributed by atoms with E-state index in [1.54, 1.807) is 6.07 Å². The number of amides is 2. The minimum absolute atomic E-state index is 0.0489. The third-order valence-corrected chi connectivity index (χ3v) is 7.23. The summed E-state index contributed by atoms with van der Waals surface area (Å²) < 4.78 is 17.2. The number of fused-ring (bicyclic) bond motifs is 2. The van der Waals surface area contributed by atoms with Gasteiger partial charge in [-0.05, 0) is 43.4 Å². The lowest BCUT2D eigenvalue weighted by Crippen LogP contribution is -2.21. The van der Waals surface area contributed by atoms with Gasteiger partial charge in [-0.2, -0.15) is 0 Å². The molecule has 2 amide bonds. The lowest BCUT2D eigenvalue weighted by atomic mass is 9.95. The fourth-order valence-corrected chi connectivity index (χ4v) is 5.64. The van der Waals surface area contributed by atoms with Gasteiger partial charge in [0.15, 0.2) is 11.5 Å². The van der Waals surface area contributed by atoms with Crippen molar-refractivity contribution in [1.82, 2.24) is 10.2 Å². The molecule has 1 aliphatic heterocycles. The van der Waals surface area contributed by atoms with Crippen LogP contribution in [0.15, 0.2) is 33.9 Å². The smallest absolute Gasteiger partial charge is 0.277 e. The van der Waals surface area contributed by atoms with Crippen LogP contribution in [0.25, 0.3) is 0 Å². The van der Waals surface area contributed by atoms with Crippen molar-refractivity contribution in [2.75, 3.05) is 17.7 Å². The molecule has 3 N–H and O–H groups in total. The number of rotatable bonds is 6. The van der Waals surface area contributed by atoms with Gasteiger partial charge in [0.05, 0.1) is 11.3 Å². The van der Waals surface area contributed by atoms with E-state index in [1.807, 2.05) is 18.2 Å². The number of hydrogen-bond donors (Lipinski definition) is 2. The van der Waals surface area contributed by atoms with E-state index in [2.05, 4.69) is 15.5 Å². The first kappa shape index (κ1) is 20.8. The largest absolute Gasteiger partial charge is 0.485 e. The second-order valence-corrected chi connectivity index (χ2v) is 9.42. The van der Waals surface area contributed by atoms with Gasteiger partial charge in [-0.15, -0.1) is 21.5 Å². The zero-order valence-corrected chi connectivity index (χ0v) is 18.6. The number of nitrogens with zero attached hydrogens (tertiary/aromatic N) is 2. The number of para-hydroxylation sites is 2. The van der Waals surface area contributed by atoms with Crippen LogP contribution in [-0.4, -0.2) is 34.4 Å². The molecule has 32 heavy (non-hydrogen) atoms. The van der Waals surface area contributed by atoms with Gasteiger partial charge in [-0.25, -0.2) is 0 Å². The van der Waals surface area contributed by atoms with E-state index in [0.29, 0.717) is 22.1 Å². The van der Waals surface area contributed by atoms with Gasteiger partial charge >= 0.3 is 0 Å². The van der Waals surface area contributed by atoms with Crippen LogP contribution in [0.5, 0.6) is 11.5 Å². The van der Waals surface area contributed by atoms with Gasteiger partial charge in [-0.1, -0.05) is 23.9 Å². The van der Waals surface area contributed by atoms with Crippen molar-refractivity contribution in [3.63, 3.8) is 0 Å². The lowest BCUT2D eigenvalue weighted by molar-refractivity contribution is -0.113. The Morgan fingerprint density at radius 1 is 1.19 bits per heavy atom. The minimum atomic E-state index is -0.517. The van der Waals surface area contributed by atoms with Crippen molar-refractivity contribution in [2.45, 2.75) is 37.0 Å². The van der Waals surface area contributed by atoms with Gasteiger partial charge < -0.3 is 24.9 Å². The molecule has 3 heterocycles. The first-order valence-corrected chi connectivity index (χ1v) is 12.0. The Kier molecular flexibility index (Phi) is 5.75. The maximum absolute atomic E-state index is 12.5. The normalized spacial score (nSPS) is 16.9. The molecule has 0 radical (unpaired) electrons. The summed E-state index contributed by atoms with van der Waals surface area (Å²) in [6.07, 6.45) is 3.31. The number of aryl methyl sites for hydroxylation is 1. The maximum atomic E-state index is 12.5. The molecule has 5 rings (SSSR count). The summed E-state index contributed by atoms with van der Waals surface area (Å²) in [4.78, 5) is 25.6. The molecule has 3 aromatic rings. The fourth-order valence-electron chi connectivity index (χ4n) is 3.75. The number of benzene rings is 1. The summed E-state index contributed by atoms with van der Waals surface area (Å²) in [7, 11) is 0. The van der Waals surface area contributed by atoms with Gasteiger partial charge in [0.1, 0.15) is 11.6 Å². The second kappa shape index (κ2) is 8.83. The molecule has 11 heteroatoms. The number of carbonyl (C=O) groups excluding carboxylic acids is 2. The average molecular weight is 473 g/mol. The van der Waals surface area contributed by atoms with Crippen LogP contribution < -0.4 is 20.5 Å². The summed E-state index contributed by atoms with van der Waals surface area (Å²) in [5.74, 6) is 0.823. The summed E-state index contributed by atoms with van der Waals surface area (Å²) in [6, 6.07) is 7.35. The first-order valence-electron chi connectivity index (χ1n) is 10.2. The molecule has 0 bridgehead atoms. The van der Waals surface area contributed by atoms with E-state index in [4.69, 9.17) is 19.6 Å². The Morgan fingerprint density at radius 3 is 2.84 bits per heavy atom. The average Bonchev–Trinajstić information content (AvgIpc) is 3.41. The highest BCUT2D eigenvalue weighted by molar-refractivity contribution is 7.99. The topological polar surface area (TPSA) is 130 Å². The van der Waals surface area contributed by atoms with E-state index in [0.717, 1.165) is 47.9 Å². The Morgan fingerprint density at radius 2 is 2.00 bits per heavy atom. The fraction of sp³-hybridized carbons (Fsp3) is 0.333. The maximum Gasteiger partial charge on any atom is 0.277 e. The molecule has 2 aromatic heterocycles. The number of carbonyl (C=O) groups is 2. The molecular formula is C21H20N4O5S2. The number of thiophene rings is 1. The van der Waals surface area contributed by atoms with E-state index in [-0.39, 0.29) is 29.4 Å². The number of nitrogens with two attached hydrogens (primary N) is 1. The van der Waals surface area contributed by atoms with Crippen LogP contribution >= 0.6 is 23.1 Å². The molecule has 1 aliphatic carbocycles. The predicted molar refractivity (Wildman–Crippen MR) is 118 cm³/mol. The van der Waals surface area contributed by atoms with Crippen LogP contribution in [0.3, 0.4) is 0 Å². The highest BCUT2D eigenvalue weighted by Crippen LogP contribution is 2.38. The summed E-state index contributed by atoms with van der Waals surface area (Å²) in [5, 5.41) is 11.6. The van der Waals surface area contributed by atoms with E-state index in [1.165, 1.54) is 11.3 Å². The molecule has 1 atom stereocenters. The van der Waals surface area contributed by atoms with Crippen LogP contribution in [-0.2, 0) is 17.6 Å². The molecule has 9 nitrogen and oxygen atoms in total. The standard InChI is InChI=1S/C21H20N4O5S2/c22-18(27)17-11-5-1-4-8-15(11)32-20(17)23-16(26)10-31-21-25-24-19(30-21)14-9-28-12-6-2-3-7-13(12)29-14/h2-3,6-7,14H,1,4-5,8-10H2,(H2,22,27)(H,23,26)/t14-/m0/s1. The highest BCUT2D eigenvalue weighted by Gasteiger charge is 2.28. The van der Waals surface area contributed by atoms with E-state index in [9.17, 15) is 9.59 Å². The van der Waals surface area contributed by atoms with Gasteiger partial charge in [0, 0.05) is 4.88 Å². The molecule has 0 spiro atoms. The molecule has 1 aromatic carbocycles. The van der Waals surface area contributed by atoms with Crippen molar-refractivity contribution in [2.24, 2.45) is 5.73 Å². The summed E-state index contributed by atoms with van der Waals surface area (Å²) >= 11 is 2.54. The molecular weight excluding hydrogens is 452 g/mol. The lowest BCUT2D eigenvalue weighted by Gasteiger charge is -2.23. The van der Waals surface area contributed by atoms with Crippen molar-refractivity contribution in [1.29, 1.82) is 0 Å². The number of primary amides is 1. The molecule has 0 saturated heterocycles. The zero-order chi connectivity index (χ0) is 22.1. The Hall–Kier alpha value is -3.05. The van der Waals surface area contributed by atoms with E-state index >= 15 is 0 Å². The van der Waals surface area contributed by atoms with Crippen LogP contribution in [0.2, 0.25) is 0 Å². The number of nitrogens with one attached hydrogen (secondary N) is 1. The van der Waals surface area contributed by atoms with Crippen molar-refractivity contribution >= 4 is 39.9 Å². The van der Waals surface area contributed by atoms with Gasteiger partial charge in [0.2, 0.25) is 12.0 Å². The monoisotopic (exact) mass is 472 g/mol. The number of thioether (sulfide) groups is 1. The SMILES string of the molecule is NC(=O)c1c(NC(=O)CSc2nnc([C@@H]3COc4ccccc4O3)o2)sc2c1CCCC2. The number of ether oxygens (including phenoxy) is 2. The number of anilines is 1. The van der Waals surface area contributed by atoms with Crippen molar-refractivity contribution in [3.8, 4) is 11.5 Å². The van der Waals surface area contributed by atoms with E-state index < -0.39 is 12.0 Å². The third kappa shape index (κ3) is 4.17. The van der Waals surface area contributed by atoms with Crippen molar-refractivity contribution in [3.05, 3.63) is 46.2 Å². The zero-order valence-electron chi connectivity index (χ0n) is 17.0. The molecule has 0 saturated carbocycles. The molecule has 166 valence electrons. The summed E-state index contributed by atoms with van der Waals surface area (Å²) in [6.45, 7) is 0.253. The molecule has 0 unspecified atom stereocenters. The quantitative estimate of drug-likeness (QED) is 0.523. The summed E-state index contributed by atoms with van der Waals surface area (Å²) in [5.41, 5.74) is 7.01. The van der Waals surface area contributed by atoms with Crippen LogP contribution in [0.4, 0.5) is 5.00 Å². The Balaban J connectivity index is 1.20. The molecule has 2 aliphatic rings. The molecule has 0 fully saturated rings. The van der Waals surface area contributed by atoms with Gasteiger partial charge in [-0.3, -0.25) is 9.59 Å².